The Morgan fingerprint density at radius 2 is 1.83 bits per heavy atom. The molecule has 1 amide bonds. The summed E-state index contributed by atoms with van der Waals surface area (Å²) in [6.45, 7) is 1.54. The molecule has 1 fully saturated rings. The summed E-state index contributed by atoms with van der Waals surface area (Å²) in [7, 11) is 2.18. The summed E-state index contributed by atoms with van der Waals surface area (Å²) >= 11 is 0. The summed E-state index contributed by atoms with van der Waals surface area (Å²) in [6.07, 6.45) is 12.5. The van der Waals surface area contributed by atoms with Gasteiger partial charge < -0.3 is 4.90 Å². The van der Waals surface area contributed by atoms with Crippen LogP contribution in [0.1, 0.15) is 49.8 Å². The minimum absolute atomic E-state index is 0.154. The predicted octanol–water partition coefficient (Wildman–Crippen LogP) is 3.88. The second-order valence-corrected chi connectivity index (χ2v) is 8.50. The first-order valence-electron chi connectivity index (χ1n) is 11.1. The van der Waals surface area contributed by atoms with Crippen molar-refractivity contribution in [2.24, 2.45) is 5.92 Å². The van der Waals surface area contributed by atoms with E-state index >= 15 is 0 Å². The van der Waals surface area contributed by atoms with E-state index in [1.807, 2.05) is 35.4 Å². The molecule has 2 aromatic heterocycles. The highest BCUT2D eigenvalue weighted by atomic mass is 16.2. The SMILES string of the molecule is CN(CCN(C(=O)C1CCCCC1)c1ccccn1)C1CCc2cccnc2C1. The molecule has 0 N–H and O–H groups in total. The molecular weight excluding hydrogens is 360 g/mol. The Morgan fingerprint density at radius 3 is 2.62 bits per heavy atom. The van der Waals surface area contributed by atoms with Gasteiger partial charge in [-0.2, -0.15) is 0 Å². The first-order valence-corrected chi connectivity index (χ1v) is 11.1. The lowest BCUT2D eigenvalue weighted by Crippen LogP contribution is -2.45. The standard InChI is InChI=1S/C24H32N4O/c1-27(21-13-12-19-10-7-15-25-22(19)18-21)16-17-28(23-11-5-6-14-26-23)24(29)20-8-3-2-4-9-20/h5-7,10-11,14-15,20-21H,2-4,8-9,12-13,16-18H2,1H3. The third-order valence-electron chi connectivity index (χ3n) is 6.61. The van der Waals surface area contributed by atoms with Crippen LogP contribution in [0.15, 0.2) is 42.7 Å². The highest BCUT2D eigenvalue weighted by Gasteiger charge is 2.29. The van der Waals surface area contributed by atoms with Gasteiger partial charge in [0.1, 0.15) is 5.82 Å². The number of pyridine rings is 2. The first kappa shape index (κ1) is 20.0. The largest absolute Gasteiger partial charge is 0.301 e. The molecule has 5 nitrogen and oxygen atoms in total. The van der Waals surface area contributed by atoms with Gasteiger partial charge in [0.2, 0.25) is 5.91 Å². The summed E-state index contributed by atoms with van der Waals surface area (Å²) in [5.41, 5.74) is 2.62. The van der Waals surface area contributed by atoms with Gasteiger partial charge in [0, 0.05) is 49.6 Å². The van der Waals surface area contributed by atoms with Gasteiger partial charge in [0.15, 0.2) is 0 Å². The maximum Gasteiger partial charge on any atom is 0.231 e. The van der Waals surface area contributed by atoms with Gasteiger partial charge in [-0.1, -0.05) is 31.4 Å². The van der Waals surface area contributed by atoms with Gasteiger partial charge in [0.25, 0.3) is 0 Å². The van der Waals surface area contributed by atoms with Gasteiger partial charge in [-0.3, -0.25) is 14.7 Å². The average Bonchev–Trinajstić information content (AvgIpc) is 2.80. The van der Waals surface area contributed by atoms with Crippen LogP contribution in [0.4, 0.5) is 5.82 Å². The van der Waals surface area contributed by atoms with Crippen molar-refractivity contribution in [2.75, 3.05) is 25.0 Å². The first-order chi connectivity index (χ1) is 14.2. The zero-order valence-corrected chi connectivity index (χ0v) is 17.5. The second-order valence-electron chi connectivity index (χ2n) is 8.50. The number of carbonyl (C=O) groups is 1. The number of nitrogens with zero attached hydrogens (tertiary/aromatic N) is 4. The summed E-state index contributed by atoms with van der Waals surface area (Å²) in [6, 6.07) is 10.5. The van der Waals surface area contributed by atoms with Crippen molar-refractivity contribution in [3.05, 3.63) is 54.0 Å². The Hall–Kier alpha value is -2.27. The topological polar surface area (TPSA) is 49.3 Å². The van der Waals surface area contributed by atoms with Crippen LogP contribution in [0, 0.1) is 5.92 Å². The molecule has 0 radical (unpaired) electrons. The van der Waals surface area contributed by atoms with Crippen molar-refractivity contribution >= 4 is 11.7 Å². The Labute approximate surface area is 174 Å². The maximum atomic E-state index is 13.3. The Morgan fingerprint density at radius 1 is 1.00 bits per heavy atom. The molecule has 2 aliphatic rings. The van der Waals surface area contributed by atoms with Crippen molar-refractivity contribution < 1.29 is 4.79 Å². The number of hydrogen-bond acceptors (Lipinski definition) is 4. The van der Waals surface area contributed by atoms with E-state index < -0.39 is 0 Å². The van der Waals surface area contributed by atoms with Crippen molar-refractivity contribution in [3.63, 3.8) is 0 Å². The minimum atomic E-state index is 0.154. The molecule has 1 unspecified atom stereocenters. The zero-order valence-electron chi connectivity index (χ0n) is 17.5. The van der Waals surface area contributed by atoms with E-state index in [1.54, 1.807) is 6.20 Å². The molecule has 2 aliphatic carbocycles. The van der Waals surface area contributed by atoms with Crippen LogP contribution in [0.2, 0.25) is 0 Å². The van der Waals surface area contributed by atoms with E-state index in [4.69, 9.17) is 0 Å². The lowest BCUT2D eigenvalue weighted by molar-refractivity contribution is -0.123. The number of rotatable bonds is 6. The summed E-state index contributed by atoms with van der Waals surface area (Å²) in [5.74, 6) is 1.20. The van der Waals surface area contributed by atoms with Gasteiger partial charge in [-0.05, 0) is 56.5 Å². The smallest absolute Gasteiger partial charge is 0.231 e. The molecule has 0 bridgehead atoms. The van der Waals surface area contributed by atoms with Gasteiger partial charge in [-0.25, -0.2) is 4.98 Å². The Bertz CT molecular complexity index is 804. The van der Waals surface area contributed by atoms with Crippen LogP contribution in [0.25, 0.3) is 0 Å². The highest BCUT2D eigenvalue weighted by molar-refractivity contribution is 5.94. The monoisotopic (exact) mass is 392 g/mol. The summed E-state index contributed by atoms with van der Waals surface area (Å²) < 4.78 is 0. The lowest BCUT2D eigenvalue weighted by atomic mass is 9.88. The summed E-state index contributed by atoms with van der Waals surface area (Å²) in [4.78, 5) is 26.7. The number of likely N-dealkylation sites (N-methyl/N-ethyl adjacent to an activating group) is 1. The van der Waals surface area contributed by atoms with E-state index in [2.05, 4.69) is 28.0 Å². The van der Waals surface area contributed by atoms with Crippen LogP contribution < -0.4 is 4.90 Å². The lowest BCUT2D eigenvalue weighted by Gasteiger charge is -2.34. The minimum Gasteiger partial charge on any atom is -0.301 e. The molecule has 1 atom stereocenters. The van der Waals surface area contributed by atoms with E-state index in [9.17, 15) is 4.79 Å². The fourth-order valence-corrected chi connectivity index (χ4v) is 4.77. The van der Waals surface area contributed by atoms with E-state index in [-0.39, 0.29) is 11.8 Å². The molecule has 2 heterocycles. The normalized spacial score (nSPS) is 19.7. The molecule has 2 aromatic rings. The number of carbonyl (C=O) groups excluding carboxylic acids is 1. The van der Waals surface area contributed by atoms with Crippen molar-refractivity contribution in [3.8, 4) is 0 Å². The molecule has 0 spiro atoms. The van der Waals surface area contributed by atoms with Crippen LogP contribution in [-0.2, 0) is 17.6 Å². The molecular formula is C24H32N4O. The third kappa shape index (κ3) is 4.84. The van der Waals surface area contributed by atoms with E-state index in [0.717, 1.165) is 44.5 Å². The number of aryl methyl sites for hydroxylation is 1. The molecule has 0 aliphatic heterocycles. The third-order valence-corrected chi connectivity index (χ3v) is 6.61. The maximum absolute atomic E-state index is 13.3. The van der Waals surface area contributed by atoms with Gasteiger partial charge in [-0.15, -0.1) is 0 Å². The van der Waals surface area contributed by atoms with Crippen molar-refractivity contribution in [1.29, 1.82) is 0 Å². The quantitative estimate of drug-likeness (QED) is 0.749. The number of anilines is 1. The fraction of sp³-hybridized carbons (Fsp3) is 0.542. The number of fused-ring (bicyclic) bond motifs is 1. The number of amides is 1. The molecule has 1 saturated carbocycles. The van der Waals surface area contributed by atoms with Crippen LogP contribution in [0.5, 0.6) is 0 Å². The van der Waals surface area contributed by atoms with E-state index in [1.165, 1.54) is 30.5 Å². The molecule has 0 aromatic carbocycles. The molecule has 0 saturated heterocycles. The van der Waals surface area contributed by atoms with Crippen molar-refractivity contribution in [2.45, 2.75) is 57.4 Å². The van der Waals surface area contributed by atoms with Gasteiger partial charge >= 0.3 is 0 Å². The molecule has 5 heteroatoms. The van der Waals surface area contributed by atoms with Crippen LogP contribution in [-0.4, -0.2) is 47.0 Å². The highest BCUT2D eigenvalue weighted by Crippen LogP contribution is 2.27. The number of hydrogen-bond donors (Lipinski definition) is 0. The Kier molecular flexibility index (Phi) is 6.55. The predicted molar refractivity (Wildman–Crippen MR) is 116 cm³/mol. The number of aromatic nitrogens is 2. The van der Waals surface area contributed by atoms with Crippen LogP contribution >= 0.6 is 0 Å². The average molecular weight is 393 g/mol. The Balaban J connectivity index is 1.42. The molecule has 4 rings (SSSR count). The molecule has 29 heavy (non-hydrogen) atoms. The van der Waals surface area contributed by atoms with Crippen LogP contribution in [0.3, 0.4) is 0 Å². The zero-order chi connectivity index (χ0) is 20.1. The van der Waals surface area contributed by atoms with Crippen molar-refractivity contribution in [1.82, 2.24) is 14.9 Å². The fourth-order valence-electron chi connectivity index (χ4n) is 4.77. The summed E-state index contributed by atoms with van der Waals surface area (Å²) in [5, 5.41) is 0. The van der Waals surface area contributed by atoms with Gasteiger partial charge in [0.05, 0.1) is 0 Å². The van der Waals surface area contributed by atoms with E-state index in [0.29, 0.717) is 12.6 Å². The molecule has 154 valence electrons. The second kappa shape index (κ2) is 9.49.